The molecule has 0 saturated heterocycles. The molecule has 1 N–H and O–H groups in total. The number of rotatable bonds is 6. The zero-order valence-electron chi connectivity index (χ0n) is 12.0. The number of benzene rings is 1. The topological polar surface area (TPSA) is 21.3 Å². The summed E-state index contributed by atoms with van der Waals surface area (Å²) in [4.78, 5) is 0. The second kappa shape index (κ2) is 7.06. The van der Waals surface area contributed by atoms with Crippen LogP contribution < -0.4 is 5.32 Å². The molecule has 1 aromatic carbocycles. The van der Waals surface area contributed by atoms with E-state index in [0.717, 1.165) is 19.2 Å². The fourth-order valence-corrected chi connectivity index (χ4v) is 3.35. The van der Waals surface area contributed by atoms with Crippen LogP contribution >= 0.6 is 15.9 Å². The first-order valence-corrected chi connectivity index (χ1v) is 8.73. The molecule has 2 aliphatic rings. The highest BCUT2D eigenvalue weighted by Gasteiger charge is 2.20. The summed E-state index contributed by atoms with van der Waals surface area (Å²) in [6.07, 6.45) is 9.68. The van der Waals surface area contributed by atoms with Gasteiger partial charge in [0.1, 0.15) is 0 Å². The molecule has 2 aliphatic carbocycles. The number of ether oxygens (including phenoxy) is 1. The van der Waals surface area contributed by atoms with Crippen molar-refractivity contribution in [1.29, 1.82) is 0 Å². The molecule has 1 aromatic rings. The first-order chi connectivity index (χ1) is 9.81. The Morgan fingerprint density at radius 1 is 1.10 bits per heavy atom. The fourth-order valence-electron chi connectivity index (χ4n) is 2.81. The molecule has 20 heavy (non-hydrogen) atoms. The Balaban J connectivity index is 1.50. The van der Waals surface area contributed by atoms with Gasteiger partial charge in [-0.25, -0.2) is 0 Å². The molecule has 0 atom stereocenters. The fraction of sp³-hybridized carbons (Fsp3) is 0.647. The molecule has 2 nitrogen and oxygen atoms in total. The standard InChI is InChI=1S/C17H24BrNO/c18-17-10-13(11-19-15-8-9-15)6-7-14(17)12-20-16-4-2-1-3-5-16/h6-7,10,15-16,19H,1-5,8-9,11-12H2. The Hall–Kier alpha value is -0.380. The van der Waals surface area contributed by atoms with E-state index in [1.54, 1.807) is 0 Å². The van der Waals surface area contributed by atoms with E-state index < -0.39 is 0 Å². The molecule has 0 unspecified atom stereocenters. The van der Waals surface area contributed by atoms with Crippen LogP contribution in [0.15, 0.2) is 22.7 Å². The van der Waals surface area contributed by atoms with Crippen LogP contribution in [0.1, 0.15) is 56.1 Å². The highest BCUT2D eigenvalue weighted by atomic mass is 79.9. The molecule has 0 amide bonds. The van der Waals surface area contributed by atoms with Crippen LogP contribution in [0.4, 0.5) is 0 Å². The molecule has 0 spiro atoms. The predicted octanol–water partition coefficient (Wildman–Crippen LogP) is 4.55. The second-order valence-electron chi connectivity index (χ2n) is 6.15. The van der Waals surface area contributed by atoms with Gasteiger partial charge in [0, 0.05) is 17.1 Å². The third kappa shape index (κ3) is 4.31. The maximum Gasteiger partial charge on any atom is 0.0731 e. The third-order valence-corrected chi connectivity index (χ3v) is 5.05. The SMILES string of the molecule is Brc1cc(CNC2CC2)ccc1COC1CCCCC1. The van der Waals surface area contributed by atoms with E-state index in [0.29, 0.717) is 6.10 Å². The van der Waals surface area contributed by atoms with Gasteiger partial charge in [-0.05, 0) is 42.9 Å². The van der Waals surface area contributed by atoms with Crippen LogP contribution in [-0.4, -0.2) is 12.1 Å². The van der Waals surface area contributed by atoms with E-state index >= 15 is 0 Å². The number of halogens is 1. The van der Waals surface area contributed by atoms with Gasteiger partial charge in [-0.3, -0.25) is 0 Å². The summed E-state index contributed by atoms with van der Waals surface area (Å²) in [5.41, 5.74) is 2.62. The van der Waals surface area contributed by atoms with Crippen LogP contribution in [-0.2, 0) is 17.9 Å². The maximum absolute atomic E-state index is 6.05. The first kappa shape index (κ1) is 14.6. The largest absolute Gasteiger partial charge is 0.374 e. The summed E-state index contributed by atoms with van der Waals surface area (Å²) in [7, 11) is 0. The lowest BCUT2D eigenvalue weighted by atomic mass is 9.98. The zero-order valence-corrected chi connectivity index (χ0v) is 13.6. The minimum Gasteiger partial charge on any atom is -0.374 e. The number of hydrogen-bond acceptors (Lipinski definition) is 2. The van der Waals surface area contributed by atoms with Crippen molar-refractivity contribution in [2.24, 2.45) is 0 Å². The normalized spacial score (nSPS) is 20.2. The van der Waals surface area contributed by atoms with E-state index in [1.165, 1.54) is 60.5 Å². The quantitative estimate of drug-likeness (QED) is 0.822. The summed E-state index contributed by atoms with van der Waals surface area (Å²) in [6.45, 7) is 1.72. The van der Waals surface area contributed by atoms with Crippen molar-refractivity contribution in [3.8, 4) is 0 Å². The van der Waals surface area contributed by atoms with Gasteiger partial charge in [-0.15, -0.1) is 0 Å². The number of hydrogen-bond donors (Lipinski definition) is 1. The van der Waals surface area contributed by atoms with E-state index in [1.807, 2.05) is 0 Å². The molecule has 0 heterocycles. The average molecular weight is 338 g/mol. The van der Waals surface area contributed by atoms with Gasteiger partial charge < -0.3 is 10.1 Å². The Labute approximate surface area is 130 Å². The molecule has 0 bridgehead atoms. The summed E-state index contributed by atoms with van der Waals surface area (Å²) in [5, 5.41) is 3.55. The molecular formula is C17H24BrNO. The van der Waals surface area contributed by atoms with Gasteiger partial charge >= 0.3 is 0 Å². The van der Waals surface area contributed by atoms with Crippen molar-refractivity contribution in [3.63, 3.8) is 0 Å². The minimum absolute atomic E-state index is 0.479. The molecule has 110 valence electrons. The van der Waals surface area contributed by atoms with Crippen LogP contribution in [0.25, 0.3) is 0 Å². The Kier molecular flexibility index (Phi) is 5.14. The van der Waals surface area contributed by atoms with Crippen molar-refractivity contribution < 1.29 is 4.74 Å². The Morgan fingerprint density at radius 3 is 2.60 bits per heavy atom. The van der Waals surface area contributed by atoms with Crippen molar-refractivity contribution >= 4 is 15.9 Å². The highest BCUT2D eigenvalue weighted by molar-refractivity contribution is 9.10. The summed E-state index contributed by atoms with van der Waals surface area (Å²) >= 11 is 3.69. The highest BCUT2D eigenvalue weighted by Crippen LogP contribution is 2.25. The first-order valence-electron chi connectivity index (χ1n) is 7.93. The van der Waals surface area contributed by atoms with Gasteiger partial charge in [-0.1, -0.05) is 47.3 Å². The molecule has 0 radical (unpaired) electrons. The summed E-state index contributed by atoms with van der Waals surface area (Å²) in [6, 6.07) is 7.42. The summed E-state index contributed by atoms with van der Waals surface area (Å²) < 4.78 is 7.24. The Bertz CT molecular complexity index is 439. The van der Waals surface area contributed by atoms with Crippen LogP contribution in [0.3, 0.4) is 0 Å². The van der Waals surface area contributed by atoms with Crippen LogP contribution in [0, 0.1) is 0 Å². The molecule has 0 aromatic heterocycles. The van der Waals surface area contributed by atoms with Gasteiger partial charge in [-0.2, -0.15) is 0 Å². The lowest BCUT2D eigenvalue weighted by Crippen LogP contribution is -2.17. The number of nitrogens with one attached hydrogen (secondary N) is 1. The monoisotopic (exact) mass is 337 g/mol. The molecule has 3 heteroatoms. The lowest BCUT2D eigenvalue weighted by Gasteiger charge is -2.22. The van der Waals surface area contributed by atoms with Gasteiger partial charge in [0.25, 0.3) is 0 Å². The van der Waals surface area contributed by atoms with Gasteiger partial charge in [0.2, 0.25) is 0 Å². The van der Waals surface area contributed by atoms with Gasteiger partial charge in [0.05, 0.1) is 12.7 Å². The molecule has 2 saturated carbocycles. The van der Waals surface area contributed by atoms with Crippen LogP contribution in [0.5, 0.6) is 0 Å². The summed E-state index contributed by atoms with van der Waals surface area (Å²) in [5.74, 6) is 0. The Morgan fingerprint density at radius 2 is 1.90 bits per heavy atom. The third-order valence-electron chi connectivity index (χ3n) is 4.32. The van der Waals surface area contributed by atoms with E-state index in [4.69, 9.17) is 4.74 Å². The molecular weight excluding hydrogens is 314 g/mol. The molecule has 0 aliphatic heterocycles. The molecule has 3 rings (SSSR count). The van der Waals surface area contributed by atoms with E-state index in [9.17, 15) is 0 Å². The second-order valence-corrected chi connectivity index (χ2v) is 7.01. The zero-order chi connectivity index (χ0) is 13.8. The van der Waals surface area contributed by atoms with Crippen molar-refractivity contribution in [3.05, 3.63) is 33.8 Å². The van der Waals surface area contributed by atoms with Crippen molar-refractivity contribution in [2.45, 2.75) is 70.2 Å². The molecule has 2 fully saturated rings. The van der Waals surface area contributed by atoms with E-state index in [2.05, 4.69) is 39.4 Å². The maximum atomic E-state index is 6.05. The minimum atomic E-state index is 0.479. The van der Waals surface area contributed by atoms with Crippen LogP contribution in [0.2, 0.25) is 0 Å². The van der Waals surface area contributed by atoms with Crippen molar-refractivity contribution in [2.75, 3.05) is 0 Å². The lowest BCUT2D eigenvalue weighted by molar-refractivity contribution is 0.0166. The van der Waals surface area contributed by atoms with Gasteiger partial charge in [0.15, 0.2) is 0 Å². The van der Waals surface area contributed by atoms with E-state index in [-0.39, 0.29) is 0 Å². The predicted molar refractivity (Wildman–Crippen MR) is 85.7 cm³/mol. The van der Waals surface area contributed by atoms with Crippen molar-refractivity contribution in [1.82, 2.24) is 5.32 Å². The smallest absolute Gasteiger partial charge is 0.0731 e. The average Bonchev–Trinajstić information content (AvgIpc) is 3.29.